The molecule has 2 aliphatic carbocycles. The van der Waals surface area contributed by atoms with Crippen LogP contribution in [0.3, 0.4) is 0 Å². The quantitative estimate of drug-likeness (QED) is 0.766. The molecule has 2 bridgehead atoms. The third-order valence-corrected chi connectivity index (χ3v) is 8.45. The van der Waals surface area contributed by atoms with Crippen LogP contribution >= 0.6 is 0 Å². The summed E-state index contributed by atoms with van der Waals surface area (Å²) >= 11 is 0. The summed E-state index contributed by atoms with van der Waals surface area (Å²) in [6.07, 6.45) is 4.05. The summed E-state index contributed by atoms with van der Waals surface area (Å²) in [6, 6.07) is 5.40. The first kappa shape index (κ1) is 18.6. The summed E-state index contributed by atoms with van der Waals surface area (Å²) in [4.78, 5) is 40.6. The third-order valence-electron chi connectivity index (χ3n) is 8.45. The summed E-state index contributed by atoms with van der Waals surface area (Å²) in [5.74, 6) is 2.22. The number of hydrogen-bond donors (Lipinski definition) is 2. The van der Waals surface area contributed by atoms with Gasteiger partial charge in [-0.2, -0.15) is 0 Å². The molecule has 1 aromatic heterocycles. The van der Waals surface area contributed by atoms with Gasteiger partial charge < -0.3 is 20.1 Å². The zero-order valence-corrected chi connectivity index (χ0v) is 17.3. The first-order valence-electron chi connectivity index (χ1n) is 11.6. The molecule has 2 saturated carbocycles. The third kappa shape index (κ3) is 2.85. The molecule has 5 aliphatic rings. The van der Waals surface area contributed by atoms with E-state index in [-0.39, 0.29) is 41.2 Å². The van der Waals surface area contributed by atoms with Crippen LogP contribution in [-0.4, -0.2) is 54.0 Å². The molecular weight excluding hydrogens is 380 g/mol. The van der Waals surface area contributed by atoms with E-state index in [4.69, 9.17) is 0 Å². The van der Waals surface area contributed by atoms with Crippen molar-refractivity contribution in [2.75, 3.05) is 32.7 Å². The predicted molar refractivity (Wildman–Crippen MR) is 111 cm³/mol. The van der Waals surface area contributed by atoms with E-state index in [0.29, 0.717) is 37.4 Å². The topological polar surface area (TPSA) is 83.4 Å². The number of aromatic nitrogens is 1. The number of hydrogen-bond acceptors (Lipinski definition) is 4. The number of fused-ring (bicyclic) bond motifs is 5. The number of piperidine rings is 2. The van der Waals surface area contributed by atoms with Crippen LogP contribution in [0.4, 0.5) is 0 Å². The highest BCUT2D eigenvalue weighted by atomic mass is 16.2. The minimum atomic E-state index is -0.0788. The summed E-state index contributed by atoms with van der Waals surface area (Å²) < 4.78 is 1.91. The standard InChI is InChI=1S/C23H30N4O3/c28-20-6-2-5-18-14-7-15(19(27(18)20)10-25-22(29)13-3-1-4-13)12-26(11-14)23(30)21-16-8-24-9-17(16)21/h2,5-6,13-17,19,21,24H,1,3-4,7-12H2,(H,25,29)/t14-,15+,16-,17+,19+,21?/m1/s1. The maximum atomic E-state index is 13.3. The lowest BCUT2D eigenvalue weighted by atomic mass is 9.78. The van der Waals surface area contributed by atoms with Crippen molar-refractivity contribution >= 4 is 11.8 Å². The van der Waals surface area contributed by atoms with Crippen LogP contribution in [0, 0.1) is 29.6 Å². The lowest BCUT2D eigenvalue weighted by Gasteiger charge is -2.47. The number of nitrogens with zero attached hydrogens (tertiary/aromatic N) is 2. The van der Waals surface area contributed by atoms with Gasteiger partial charge in [0.05, 0.1) is 6.04 Å². The molecule has 2 saturated heterocycles. The number of carbonyl (C=O) groups is 2. The molecule has 4 heterocycles. The zero-order chi connectivity index (χ0) is 20.4. The molecule has 3 aliphatic heterocycles. The molecule has 0 aromatic carbocycles. The van der Waals surface area contributed by atoms with E-state index in [1.165, 1.54) is 0 Å². The van der Waals surface area contributed by atoms with Crippen LogP contribution in [0.1, 0.15) is 43.3 Å². The molecule has 4 fully saturated rings. The molecule has 7 nitrogen and oxygen atoms in total. The monoisotopic (exact) mass is 410 g/mol. The molecule has 2 N–H and O–H groups in total. The molecule has 0 radical (unpaired) electrons. The first-order chi connectivity index (χ1) is 14.6. The van der Waals surface area contributed by atoms with E-state index in [2.05, 4.69) is 15.5 Å². The second kappa shape index (κ2) is 6.94. The van der Waals surface area contributed by atoms with Crippen LogP contribution in [0.25, 0.3) is 0 Å². The van der Waals surface area contributed by atoms with Gasteiger partial charge in [0.2, 0.25) is 11.8 Å². The van der Waals surface area contributed by atoms with Crippen LogP contribution in [0.2, 0.25) is 0 Å². The molecule has 6 rings (SSSR count). The summed E-state index contributed by atoms with van der Waals surface area (Å²) in [7, 11) is 0. The minimum absolute atomic E-state index is 0.00710. The zero-order valence-electron chi connectivity index (χ0n) is 17.3. The largest absolute Gasteiger partial charge is 0.354 e. The second-order valence-electron chi connectivity index (χ2n) is 10.0. The Bertz CT molecular complexity index is 929. The van der Waals surface area contributed by atoms with Crippen molar-refractivity contribution in [3.63, 3.8) is 0 Å². The van der Waals surface area contributed by atoms with Gasteiger partial charge in [0.25, 0.3) is 5.56 Å². The van der Waals surface area contributed by atoms with Crippen LogP contribution in [0.5, 0.6) is 0 Å². The smallest absolute Gasteiger partial charge is 0.251 e. The molecule has 0 spiro atoms. The van der Waals surface area contributed by atoms with Crippen molar-refractivity contribution in [3.05, 3.63) is 34.2 Å². The van der Waals surface area contributed by atoms with Gasteiger partial charge >= 0.3 is 0 Å². The highest BCUT2D eigenvalue weighted by Gasteiger charge is 2.58. The van der Waals surface area contributed by atoms with Crippen molar-refractivity contribution < 1.29 is 9.59 Å². The normalized spacial score (nSPS) is 36.5. The molecular formula is C23H30N4O3. The Morgan fingerprint density at radius 1 is 1.13 bits per heavy atom. The number of pyridine rings is 1. The molecule has 6 atom stereocenters. The first-order valence-corrected chi connectivity index (χ1v) is 11.6. The van der Waals surface area contributed by atoms with Crippen LogP contribution in [0.15, 0.2) is 23.0 Å². The lowest BCUT2D eigenvalue weighted by Crippen LogP contribution is -2.54. The van der Waals surface area contributed by atoms with E-state index in [1.807, 2.05) is 16.7 Å². The molecule has 30 heavy (non-hydrogen) atoms. The number of rotatable bonds is 4. The van der Waals surface area contributed by atoms with Gasteiger partial charge in [-0.05, 0) is 56.2 Å². The van der Waals surface area contributed by atoms with Gasteiger partial charge in [-0.3, -0.25) is 14.4 Å². The average molecular weight is 411 g/mol. The maximum absolute atomic E-state index is 13.3. The Morgan fingerprint density at radius 3 is 2.67 bits per heavy atom. The van der Waals surface area contributed by atoms with E-state index >= 15 is 0 Å². The molecule has 7 heteroatoms. The van der Waals surface area contributed by atoms with Crippen LogP contribution in [-0.2, 0) is 9.59 Å². The lowest BCUT2D eigenvalue weighted by molar-refractivity contribution is -0.137. The highest BCUT2D eigenvalue weighted by molar-refractivity contribution is 5.83. The number of likely N-dealkylation sites (tertiary alicyclic amines) is 1. The van der Waals surface area contributed by atoms with E-state index in [0.717, 1.165) is 44.5 Å². The SMILES string of the molecule is O=C(NC[C@H]1[C@H]2C[C@H](CN(C(=O)C3[C@H]4CNC[C@@H]34)C2)c2cccc(=O)n21)C1CCC1. The number of nitrogens with one attached hydrogen (secondary N) is 2. The Kier molecular flexibility index (Phi) is 4.30. The van der Waals surface area contributed by atoms with Gasteiger partial charge in [0, 0.05) is 49.1 Å². The summed E-state index contributed by atoms with van der Waals surface area (Å²) in [6.45, 7) is 3.82. The highest BCUT2D eigenvalue weighted by Crippen LogP contribution is 2.51. The summed E-state index contributed by atoms with van der Waals surface area (Å²) in [5.41, 5.74) is 1.03. The molecule has 2 amide bonds. The van der Waals surface area contributed by atoms with Crippen LogP contribution < -0.4 is 16.2 Å². The minimum Gasteiger partial charge on any atom is -0.354 e. The second-order valence-corrected chi connectivity index (χ2v) is 10.0. The maximum Gasteiger partial charge on any atom is 0.251 e. The van der Waals surface area contributed by atoms with E-state index in [1.54, 1.807) is 6.07 Å². The summed E-state index contributed by atoms with van der Waals surface area (Å²) in [5, 5.41) is 6.50. The Balaban J connectivity index is 1.25. The predicted octanol–water partition coefficient (Wildman–Crippen LogP) is 0.717. The number of carbonyl (C=O) groups excluding carboxylic acids is 2. The Hall–Kier alpha value is -2.15. The van der Waals surface area contributed by atoms with Gasteiger partial charge in [-0.1, -0.05) is 12.5 Å². The molecule has 160 valence electrons. The van der Waals surface area contributed by atoms with Crippen molar-refractivity contribution in [1.29, 1.82) is 0 Å². The fraction of sp³-hybridized carbons (Fsp3) is 0.696. The van der Waals surface area contributed by atoms with Crippen molar-refractivity contribution in [3.8, 4) is 0 Å². The van der Waals surface area contributed by atoms with Gasteiger partial charge in [0.1, 0.15) is 0 Å². The van der Waals surface area contributed by atoms with Gasteiger partial charge in [-0.15, -0.1) is 0 Å². The van der Waals surface area contributed by atoms with Gasteiger partial charge in [0.15, 0.2) is 0 Å². The fourth-order valence-electron chi connectivity index (χ4n) is 6.50. The fourth-order valence-corrected chi connectivity index (χ4v) is 6.50. The van der Waals surface area contributed by atoms with E-state index in [9.17, 15) is 14.4 Å². The Labute approximate surface area is 176 Å². The molecule has 1 unspecified atom stereocenters. The number of amides is 2. The van der Waals surface area contributed by atoms with Crippen molar-refractivity contribution in [1.82, 2.24) is 20.1 Å². The van der Waals surface area contributed by atoms with Gasteiger partial charge in [-0.25, -0.2) is 0 Å². The molecule has 1 aromatic rings. The Morgan fingerprint density at radius 2 is 1.93 bits per heavy atom. The van der Waals surface area contributed by atoms with Crippen molar-refractivity contribution in [2.24, 2.45) is 29.6 Å². The van der Waals surface area contributed by atoms with Crippen molar-refractivity contribution in [2.45, 2.75) is 37.6 Å². The average Bonchev–Trinajstić information content (AvgIpc) is 3.17. The van der Waals surface area contributed by atoms with E-state index < -0.39 is 0 Å².